The van der Waals surface area contributed by atoms with Gasteiger partial charge in [0, 0.05) is 0 Å². The highest BCUT2D eigenvalue weighted by atomic mass is 16.3. The molecule has 2 rings (SSSR count). The molecule has 0 heterocycles. The number of hydrogen-bond donors (Lipinski definition) is 1. The molecule has 0 aromatic heterocycles. The first-order valence-electron chi connectivity index (χ1n) is 6.77. The van der Waals surface area contributed by atoms with Crippen LogP contribution in [0, 0.1) is 23.2 Å². The minimum atomic E-state index is -0.00203. The second kappa shape index (κ2) is 4.08. The number of hydrogen-bond acceptors (Lipinski definition) is 1. The van der Waals surface area contributed by atoms with Crippen LogP contribution < -0.4 is 0 Å². The highest BCUT2D eigenvalue weighted by molar-refractivity contribution is 5.01. The molecule has 3 unspecified atom stereocenters. The van der Waals surface area contributed by atoms with Gasteiger partial charge < -0.3 is 5.11 Å². The van der Waals surface area contributed by atoms with Gasteiger partial charge in [-0.05, 0) is 48.9 Å². The van der Waals surface area contributed by atoms with Crippen LogP contribution >= 0.6 is 0 Å². The van der Waals surface area contributed by atoms with Crippen LogP contribution in [0.4, 0.5) is 0 Å². The van der Waals surface area contributed by atoms with Crippen molar-refractivity contribution in [1.82, 2.24) is 0 Å². The van der Waals surface area contributed by atoms with Crippen molar-refractivity contribution < 1.29 is 5.11 Å². The molecule has 2 aliphatic carbocycles. The minimum absolute atomic E-state index is 0.00203. The quantitative estimate of drug-likeness (QED) is 0.738. The number of fused-ring (bicyclic) bond motifs is 1. The summed E-state index contributed by atoms with van der Waals surface area (Å²) in [7, 11) is 0. The highest BCUT2D eigenvalue weighted by Gasteiger charge is 2.51. The van der Waals surface area contributed by atoms with E-state index in [4.69, 9.17) is 0 Å². The predicted molar refractivity (Wildman–Crippen MR) is 63.6 cm³/mol. The van der Waals surface area contributed by atoms with E-state index in [1.807, 2.05) is 0 Å². The molecule has 0 spiro atoms. The van der Waals surface area contributed by atoms with Gasteiger partial charge in [0.1, 0.15) is 0 Å². The van der Waals surface area contributed by atoms with Crippen LogP contribution in [-0.4, -0.2) is 11.2 Å². The highest BCUT2D eigenvalue weighted by Crippen LogP contribution is 2.57. The fraction of sp³-hybridized carbons (Fsp3) is 1.00. The molecule has 1 nitrogen and oxygen atoms in total. The van der Waals surface area contributed by atoms with E-state index in [1.54, 1.807) is 0 Å². The molecule has 0 aromatic rings. The first-order chi connectivity index (χ1) is 7.09. The van der Waals surface area contributed by atoms with Gasteiger partial charge in [-0.2, -0.15) is 0 Å². The summed E-state index contributed by atoms with van der Waals surface area (Å²) in [5.41, 5.74) is 0.451. The maximum atomic E-state index is 10.1. The Morgan fingerprint density at radius 2 is 2.07 bits per heavy atom. The van der Waals surface area contributed by atoms with Crippen LogP contribution in [0.2, 0.25) is 0 Å². The van der Waals surface area contributed by atoms with Gasteiger partial charge in [0.25, 0.3) is 0 Å². The largest absolute Gasteiger partial charge is 0.393 e. The first kappa shape index (κ1) is 11.4. The van der Waals surface area contributed by atoms with Crippen molar-refractivity contribution in [2.75, 3.05) is 0 Å². The third-order valence-electron chi connectivity index (χ3n) is 5.49. The van der Waals surface area contributed by atoms with E-state index in [-0.39, 0.29) is 6.10 Å². The Morgan fingerprint density at radius 1 is 1.33 bits per heavy atom. The molecule has 5 atom stereocenters. The lowest BCUT2D eigenvalue weighted by atomic mass is 9.61. The van der Waals surface area contributed by atoms with Gasteiger partial charge in [-0.1, -0.05) is 33.6 Å². The van der Waals surface area contributed by atoms with E-state index >= 15 is 0 Å². The second-order valence-corrected chi connectivity index (χ2v) is 6.14. The molecule has 0 saturated heterocycles. The van der Waals surface area contributed by atoms with E-state index in [1.165, 1.54) is 32.1 Å². The molecule has 0 bridgehead atoms. The third kappa shape index (κ3) is 1.73. The number of aliphatic hydroxyl groups is 1. The molecular formula is C14H26O. The van der Waals surface area contributed by atoms with Crippen molar-refractivity contribution in [2.24, 2.45) is 23.2 Å². The van der Waals surface area contributed by atoms with Crippen LogP contribution in [-0.2, 0) is 0 Å². The van der Waals surface area contributed by atoms with E-state index in [2.05, 4.69) is 20.8 Å². The maximum Gasteiger partial charge on any atom is 0.0573 e. The van der Waals surface area contributed by atoms with Crippen molar-refractivity contribution in [3.05, 3.63) is 0 Å². The SMILES string of the molecule is CCC(C)C1CCC2[C@@H](O)CCC[C@]12C. The summed E-state index contributed by atoms with van der Waals surface area (Å²) < 4.78 is 0. The van der Waals surface area contributed by atoms with Crippen LogP contribution in [0.25, 0.3) is 0 Å². The lowest BCUT2D eigenvalue weighted by Gasteiger charge is -2.45. The van der Waals surface area contributed by atoms with E-state index < -0.39 is 0 Å². The van der Waals surface area contributed by atoms with Gasteiger partial charge in [0.05, 0.1) is 6.10 Å². The Hall–Kier alpha value is -0.0400. The zero-order valence-electron chi connectivity index (χ0n) is 10.5. The summed E-state index contributed by atoms with van der Waals surface area (Å²) in [5, 5.41) is 10.1. The molecule has 0 amide bonds. The summed E-state index contributed by atoms with van der Waals surface area (Å²) in [6, 6.07) is 0. The second-order valence-electron chi connectivity index (χ2n) is 6.14. The van der Waals surface area contributed by atoms with E-state index in [9.17, 15) is 5.11 Å². The van der Waals surface area contributed by atoms with Crippen LogP contribution in [0.5, 0.6) is 0 Å². The lowest BCUT2D eigenvalue weighted by molar-refractivity contribution is -0.0272. The molecule has 0 aliphatic heterocycles. The Balaban J connectivity index is 2.17. The van der Waals surface area contributed by atoms with Gasteiger partial charge in [0.15, 0.2) is 0 Å². The normalized spacial score (nSPS) is 47.6. The minimum Gasteiger partial charge on any atom is -0.393 e. The van der Waals surface area contributed by atoms with Crippen LogP contribution in [0.1, 0.15) is 59.3 Å². The molecule has 0 radical (unpaired) electrons. The van der Waals surface area contributed by atoms with Gasteiger partial charge in [-0.25, -0.2) is 0 Å². The molecule has 2 saturated carbocycles. The summed E-state index contributed by atoms with van der Waals surface area (Å²) in [6.07, 6.45) is 7.55. The van der Waals surface area contributed by atoms with Gasteiger partial charge in [-0.15, -0.1) is 0 Å². The van der Waals surface area contributed by atoms with Crippen LogP contribution in [0.15, 0.2) is 0 Å². The Morgan fingerprint density at radius 3 is 2.73 bits per heavy atom. The maximum absolute atomic E-state index is 10.1. The lowest BCUT2D eigenvalue weighted by Crippen LogP contribution is -2.41. The average molecular weight is 210 g/mol. The summed E-state index contributed by atoms with van der Waals surface area (Å²) >= 11 is 0. The van der Waals surface area contributed by atoms with Crippen LogP contribution in [0.3, 0.4) is 0 Å². The summed E-state index contributed by atoms with van der Waals surface area (Å²) in [5.74, 6) is 2.30. The molecular weight excluding hydrogens is 184 g/mol. The van der Waals surface area contributed by atoms with Gasteiger partial charge in [0.2, 0.25) is 0 Å². The molecule has 1 N–H and O–H groups in total. The Bertz CT molecular complexity index is 225. The molecule has 0 aromatic carbocycles. The third-order valence-corrected chi connectivity index (χ3v) is 5.49. The van der Waals surface area contributed by atoms with Crippen molar-refractivity contribution in [1.29, 1.82) is 0 Å². The Kier molecular flexibility index (Phi) is 3.12. The van der Waals surface area contributed by atoms with Crippen molar-refractivity contribution in [3.63, 3.8) is 0 Å². The monoisotopic (exact) mass is 210 g/mol. The first-order valence-corrected chi connectivity index (χ1v) is 6.77. The zero-order valence-corrected chi connectivity index (χ0v) is 10.5. The fourth-order valence-electron chi connectivity index (χ4n) is 4.41. The van der Waals surface area contributed by atoms with Gasteiger partial charge >= 0.3 is 0 Å². The van der Waals surface area contributed by atoms with Crippen molar-refractivity contribution in [3.8, 4) is 0 Å². The molecule has 15 heavy (non-hydrogen) atoms. The fourth-order valence-corrected chi connectivity index (χ4v) is 4.41. The molecule has 1 heteroatoms. The summed E-state index contributed by atoms with van der Waals surface area (Å²) in [6.45, 7) is 7.16. The van der Waals surface area contributed by atoms with Gasteiger partial charge in [-0.3, -0.25) is 0 Å². The Labute approximate surface area is 94.3 Å². The zero-order chi connectivity index (χ0) is 11.1. The predicted octanol–water partition coefficient (Wildman–Crippen LogP) is 3.61. The standard InChI is InChI=1S/C14H26O/c1-4-10(2)11-7-8-12-13(15)6-5-9-14(11,12)3/h10-13,15H,4-9H2,1-3H3/t10?,11?,12?,13-,14+/m0/s1. The smallest absolute Gasteiger partial charge is 0.0573 e. The molecule has 2 fully saturated rings. The van der Waals surface area contributed by atoms with E-state index in [0.717, 1.165) is 18.3 Å². The molecule has 2 aliphatic rings. The topological polar surface area (TPSA) is 20.2 Å². The summed E-state index contributed by atoms with van der Waals surface area (Å²) in [4.78, 5) is 0. The van der Waals surface area contributed by atoms with Crippen molar-refractivity contribution >= 4 is 0 Å². The number of rotatable bonds is 2. The number of aliphatic hydroxyl groups excluding tert-OH is 1. The molecule has 88 valence electrons. The average Bonchev–Trinajstić information content (AvgIpc) is 2.56. The van der Waals surface area contributed by atoms with Crippen molar-refractivity contribution in [2.45, 2.75) is 65.4 Å². The van der Waals surface area contributed by atoms with E-state index in [0.29, 0.717) is 11.3 Å².